The summed E-state index contributed by atoms with van der Waals surface area (Å²) in [6.45, 7) is 5.54. The highest BCUT2D eigenvalue weighted by atomic mass is 35.5. The van der Waals surface area contributed by atoms with Crippen LogP contribution in [0, 0.1) is 12.8 Å². The number of rotatable bonds is 3. The number of aromatic nitrogens is 1. The Bertz CT molecular complexity index is 365. The fraction of sp³-hybridized carbons (Fsp3) is 0.600. The molecule has 0 radical (unpaired) electrons. The number of aryl methyl sites for hydroxylation is 1. The van der Waals surface area contributed by atoms with Crippen molar-refractivity contribution in [2.24, 2.45) is 5.92 Å². The summed E-state index contributed by atoms with van der Waals surface area (Å²) in [7, 11) is 0. The Balaban J connectivity index is 0.00000128. The van der Waals surface area contributed by atoms with Gasteiger partial charge in [0.15, 0.2) is 0 Å². The van der Waals surface area contributed by atoms with E-state index in [4.69, 9.17) is 0 Å². The zero-order valence-corrected chi connectivity index (χ0v) is 11.0. The number of nitrogens with one attached hydrogen (secondary N) is 2. The Morgan fingerprint density at radius 3 is 2.81 bits per heavy atom. The van der Waals surface area contributed by atoms with Crippen LogP contribution in [0.4, 0.5) is 0 Å². The number of thiazole rings is 1. The average molecular weight is 262 g/mol. The van der Waals surface area contributed by atoms with Crippen LogP contribution in [0.5, 0.6) is 0 Å². The van der Waals surface area contributed by atoms with Crippen molar-refractivity contribution in [1.29, 1.82) is 0 Å². The maximum Gasteiger partial charge on any atom is 0.226 e. The molecule has 1 saturated heterocycles. The van der Waals surface area contributed by atoms with Gasteiger partial charge in [0, 0.05) is 24.2 Å². The third-order valence-electron chi connectivity index (χ3n) is 2.52. The van der Waals surface area contributed by atoms with Gasteiger partial charge in [-0.25, -0.2) is 4.98 Å². The number of carbonyl (C=O) groups excluding carboxylic acids is 1. The molecule has 0 aromatic carbocycles. The highest BCUT2D eigenvalue weighted by molar-refractivity contribution is 7.09. The topological polar surface area (TPSA) is 54.0 Å². The van der Waals surface area contributed by atoms with E-state index in [-0.39, 0.29) is 30.3 Å². The Morgan fingerprint density at radius 1 is 1.69 bits per heavy atom. The molecule has 4 nitrogen and oxygen atoms in total. The Labute approximate surface area is 105 Å². The van der Waals surface area contributed by atoms with Crippen LogP contribution in [0.15, 0.2) is 5.38 Å². The molecule has 0 spiro atoms. The Hall–Kier alpha value is -0.650. The van der Waals surface area contributed by atoms with Crippen LogP contribution in [-0.2, 0) is 4.79 Å². The molecule has 0 bridgehead atoms. The van der Waals surface area contributed by atoms with Gasteiger partial charge in [0.05, 0.1) is 12.0 Å². The van der Waals surface area contributed by atoms with E-state index in [0.29, 0.717) is 0 Å². The molecule has 1 aromatic heterocycles. The SMILES string of the molecule is Cc1csc(C(C)NC(=O)C2CNC2)n1.Cl. The minimum Gasteiger partial charge on any atom is -0.347 e. The molecule has 1 aliphatic rings. The van der Waals surface area contributed by atoms with Gasteiger partial charge in [-0.3, -0.25) is 4.79 Å². The van der Waals surface area contributed by atoms with Crippen LogP contribution >= 0.6 is 23.7 Å². The van der Waals surface area contributed by atoms with E-state index in [1.807, 2.05) is 19.2 Å². The molecule has 2 heterocycles. The standard InChI is InChI=1S/C10H15N3OS.ClH/c1-6-5-15-10(12-6)7(2)13-9(14)8-3-11-4-8;/h5,7-8,11H,3-4H2,1-2H3,(H,13,14);1H. The lowest BCUT2D eigenvalue weighted by molar-refractivity contribution is -0.127. The molecule has 16 heavy (non-hydrogen) atoms. The summed E-state index contributed by atoms with van der Waals surface area (Å²) >= 11 is 1.60. The average Bonchev–Trinajstić information content (AvgIpc) is 2.48. The first-order valence-electron chi connectivity index (χ1n) is 5.10. The van der Waals surface area contributed by atoms with Crippen LogP contribution in [0.1, 0.15) is 23.7 Å². The largest absolute Gasteiger partial charge is 0.347 e. The summed E-state index contributed by atoms with van der Waals surface area (Å²) < 4.78 is 0. The van der Waals surface area contributed by atoms with Crippen LogP contribution < -0.4 is 10.6 Å². The smallest absolute Gasteiger partial charge is 0.226 e. The first-order chi connectivity index (χ1) is 7.16. The normalized spacial score (nSPS) is 17.1. The molecule has 0 saturated carbocycles. The summed E-state index contributed by atoms with van der Waals surface area (Å²) in [6.07, 6.45) is 0. The monoisotopic (exact) mass is 261 g/mol. The molecule has 1 amide bonds. The van der Waals surface area contributed by atoms with Crippen molar-refractivity contribution >= 4 is 29.7 Å². The lowest BCUT2D eigenvalue weighted by Crippen LogP contribution is -2.51. The Morgan fingerprint density at radius 2 is 2.38 bits per heavy atom. The molecule has 6 heteroatoms. The fourth-order valence-corrected chi connectivity index (χ4v) is 2.24. The van der Waals surface area contributed by atoms with Gasteiger partial charge < -0.3 is 10.6 Å². The summed E-state index contributed by atoms with van der Waals surface area (Å²) in [5.41, 5.74) is 1.02. The molecule has 2 N–H and O–H groups in total. The van der Waals surface area contributed by atoms with Gasteiger partial charge in [0.1, 0.15) is 5.01 Å². The van der Waals surface area contributed by atoms with Crippen LogP contribution in [0.3, 0.4) is 0 Å². The van der Waals surface area contributed by atoms with Crippen LogP contribution in [0.25, 0.3) is 0 Å². The summed E-state index contributed by atoms with van der Waals surface area (Å²) in [5.74, 6) is 0.280. The van der Waals surface area contributed by atoms with Crippen molar-refractivity contribution in [3.63, 3.8) is 0 Å². The third kappa shape index (κ3) is 2.93. The predicted molar refractivity (Wildman–Crippen MR) is 67.0 cm³/mol. The van der Waals surface area contributed by atoms with Gasteiger partial charge in [0.2, 0.25) is 5.91 Å². The van der Waals surface area contributed by atoms with E-state index in [2.05, 4.69) is 15.6 Å². The second-order valence-electron chi connectivity index (χ2n) is 3.91. The van der Waals surface area contributed by atoms with E-state index in [9.17, 15) is 4.79 Å². The van der Waals surface area contributed by atoms with Gasteiger partial charge in [-0.1, -0.05) is 0 Å². The molecular formula is C10H16ClN3OS. The molecule has 1 aliphatic heterocycles. The molecule has 1 unspecified atom stereocenters. The summed E-state index contributed by atoms with van der Waals surface area (Å²) in [6, 6.07) is 0.0248. The molecule has 1 aromatic rings. The van der Waals surface area contributed by atoms with Gasteiger partial charge in [-0.05, 0) is 13.8 Å². The molecule has 1 fully saturated rings. The van der Waals surface area contributed by atoms with Crippen molar-refractivity contribution in [3.05, 3.63) is 16.1 Å². The minimum atomic E-state index is 0. The van der Waals surface area contributed by atoms with E-state index in [1.54, 1.807) is 11.3 Å². The molecule has 1 atom stereocenters. The van der Waals surface area contributed by atoms with Gasteiger partial charge >= 0.3 is 0 Å². The van der Waals surface area contributed by atoms with Gasteiger partial charge in [-0.2, -0.15) is 0 Å². The maximum atomic E-state index is 11.6. The first kappa shape index (κ1) is 13.4. The quantitative estimate of drug-likeness (QED) is 0.862. The highest BCUT2D eigenvalue weighted by Gasteiger charge is 2.26. The second-order valence-corrected chi connectivity index (χ2v) is 4.80. The van der Waals surface area contributed by atoms with Crippen LogP contribution in [0.2, 0.25) is 0 Å². The van der Waals surface area contributed by atoms with Crippen LogP contribution in [-0.4, -0.2) is 24.0 Å². The predicted octanol–water partition coefficient (Wildman–Crippen LogP) is 1.27. The number of nitrogens with zero attached hydrogens (tertiary/aromatic N) is 1. The maximum absolute atomic E-state index is 11.6. The molecule has 0 aliphatic carbocycles. The third-order valence-corrected chi connectivity index (χ3v) is 3.66. The van der Waals surface area contributed by atoms with E-state index in [1.165, 1.54) is 0 Å². The molecule has 2 rings (SSSR count). The van der Waals surface area contributed by atoms with E-state index < -0.39 is 0 Å². The van der Waals surface area contributed by atoms with Gasteiger partial charge in [0.25, 0.3) is 0 Å². The summed E-state index contributed by atoms with van der Waals surface area (Å²) in [5, 5.41) is 9.05. The summed E-state index contributed by atoms with van der Waals surface area (Å²) in [4.78, 5) is 16.0. The van der Waals surface area contributed by atoms with Crippen molar-refractivity contribution < 1.29 is 4.79 Å². The van der Waals surface area contributed by atoms with Crippen molar-refractivity contribution in [2.75, 3.05) is 13.1 Å². The number of halogens is 1. The van der Waals surface area contributed by atoms with Crippen molar-refractivity contribution in [3.8, 4) is 0 Å². The zero-order valence-electron chi connectivity index (χ0n) is 9.32. The number of amides is 1. The first-order valence-corrected chi connectivity index (χ1v) is 5.98. The second kappa shape index (κ2) is 5.61. The highest BCUT2D eigenvalue weighted by Crippen LogP contribution is 2.18. The molecule has 90 valence electrons. The molecular weight excluding hydrogens is 246 g/mol. The number of hydrogen-bond donors (Lipinski definition) is 2. The fourth-order valence-electron chi connectivity index (χ4n) is 1.44. The number of hydrogen-bond acceptors (Lipinski definition) is 4. The van der Waals surface area contributed by atoms with Crippen molar-refractivity contribution in [1.82, 2.24) is 15.6 Å². The van der Waals surface area contributed by atoms with Gasteiger partial charge in [-0.15, -0.1) is 23.7 Å². The number of carbonyl (C=O) groups is 1. The lowest BCUT2D eigenvalue weighted by Gasteiger charge is -2.27. The van der Waals surface area contributed by atoms with E-state index >= 15 is 0 Å². The van der Waals surface area contributed by atoms with E-state index in [0.717, 1.165) is 23.8 Å². The lowest BCUT2D eigenvalue weighted by atomic mass is 10.0. The minimum absolute atomic E-state index is 0. The zero-order chi connectivity index (χ0) is 10.8. The van der Waals surface area contributed by atoms with Crippen molar-refractivity contribution in [2.45, 2.75) is 19.9 Å². The Kier molecular flexibility index (Phi) is 4.70.